The lowest BCUT2D eigenvalue weighted by Crippen LogP contribution is -2.48. The van der Waals surface area contributed by atoms with E-state index in [1.54, 1.807) is 31.2 Å². The van der Waals surface area contributed by atoms with Gasteiger partial charge in [-0.1, -0.05) is 15.9 Å². The highest BCUT2D eigenvalue weighted by atomic mass is 79.9. The van der Waals surface area contributed by atoms with Crippen LogP contribution in [0.1, 0.15) is 19.8 Å². The van der Waals surface area contributed by atoms with Crippen LogP contribution in [0, 0.1) is 0 Å². The van der Waals surface area contributed by atoms with E-state index in [0.717, 1.165) is 4.47 Å². The summed E-state index contributed by atoms with van der Waals surface area (Å²) in [6, 6.07) is 6.55. The second-order valence-corrected chi connectivity index (χ2v) is 7.75. The Bertz CT molecular complexity index is 525. The van der Waals surface area contributed by atoms with Gasteiger partial charge < -0.3 is 5.11 Å². The molecule has 0 amide bonds. The zero-order chi connectivity index (χ0) is 13.4. The van der Waals surface area contributed by atoms with E-state index in [4.69, 9.17) is 0 Å². The number of nitrogens with zero attached hydrogens (tertiary/aromatic N) is 1. The van der Waals surface area contributed by atoms with E-state index in [1.807, 2.05) is 0 Å². The van der Waals surface area contributed by atoms with Gasteiger partial charge in [0.2, 0.25) is 10.0 Å². The number of sulfonamides is 1. The van der Waals surface area contributed by atoms with Crippen molar-refractivity contribution < 1.29 is 13.5 Å². The Balaban J connectivity index is 2.28. The van der Waals surface area contributed by atoms with Crippen molar-refractivity contribution in [3.05, 3.63) is 28.7 Å². The predicted octanol–water partition coefficient (Wildman–Crippen LogP) is 1.98. The first-order valence-corrected chi connectivity index (χ1v) is 8.03. The third kappa shape index (κ3) is 2.93. The summed E-state index contributed by atoms with van der Waals surface area (Å²) in [6.45, 7) is 2.30. The maximum atomic E-state index is 12.4. The zero-order valence-corrected chi connectivity index (χ0v) is 12.5. The van der Waals surface area contributed by atoms with Crippen molar-refractivity contribution >= 4 is 26.0 Å². The van der Waals surface area contributed by atoms with Crippen LogP contribution in [0.25, 0.3) is 0 Å². The second-order valence-electron chi connectivity index (χ2n) is 4.89. The van der Waals surface area contributed by atoms with Gasteiger partial charge in [-0.15, -0.1) is 0 Å². The molecule has 0 aliphatic carbocycles. The highest BCUT2D eigenvalue weighted by molar-refractivity contribution is 9.10. The average molecular weight is 334 g/mol. The van der Waals surface area contributed by atoms with E-state index in [-0.39, 0.29) is 11.4 Å². The van der Waals surface area contributed by atoms with Crippen LogP contribution in [-0.4, -0.2) is 36.5 Å². The van der Waals surface area contributed by atoms with Gasteiger partial charge in [-0.2, -0.15) is 4.31 Å². The van der Waals surface area contributed by atoms with E-state index < -0.39 is 15.6 Å². The summed E-state index contributed by atoms with van der Waals surface area (Å²) in [4.78, 5) is 0.267. The third-order valence-corrected chi connectivity index (χ3v) is 5.48. The van der Waals surface area contributed by atoms with Gasteiger partial charge in [0, 0.05) is 17.6 Å². The number of β-amino-alcohol motifs (C(OH)–C–C–N with tert-alkyl or cyclic N) is 1. The van der Waals surface area contributed by atoms with Crippen LogP contribution in [0.4, 0.5) is 0 Å². The van der Waals surface area contributed by atoms with Crippen LogP contribution in [0.2, 0.25) is 0 Å². The first-order chi connectivity index (χ1) is 8.31. The van der Waals surface area contributed by atoms with Gasteiger partial charge in [0.15, 0.2) is 0 Å². The number of hydrogen-bond donors (Lipinski definition) is 1. The van der Waals surface area contributed by atoms with Crippen molar-refractivity contribution in [1.29, 1.82) is 0 Å². The van der Waals surface area contributed by atoms with Crippen LogP contribution in [-0.2, 0) is 10.0 Å². The van der Waals surface area contributed by atoms with Crippen LogP contribution in [0.3, 0.4) is 0 Å². The first-order valence-electron chi connectivity index (χ1n) is 5.79. The summed E-state index contributed by atoms with van der Waals surface area (Å²) >= 11 is 3.28. The highest BCUT2D eigenvalue weighted by Gasteiger charge is 2.35. The molecular weight excluding hydrogens is 318 g/mol. The lowest BCUT2D eigenvalue weighted by atomic mass is 9.97. The summed E-state index contributed by atoms with van der Waals surface area (Å²) in [5, 5.41) is 9.99. The number of benzene rings is 1. The molecular formula is C12H16BrNO3S. The summed E-state index contributed by atoms with van der Waals surface area (Å²) in [6.07, 6.45) is 1.32. The summed E-state index contributed by atoms with van der Waals surface area (Å²) in [7, 11) is -3.50. The number of rotatable bonds is 2. The largest absolute Gasteiger partial charge is 0.389 e. The number of hydrogen-bond acceptors (Lipinski definition) is 3. The van der Waals surface area contributed by atoms with Crippen LogP contribution in [0.5, 0.6) is 0 Å². The molecule has 18 heavy (non-hydrogen) atoms. The molecule has 1 aliphatic heterocycles. The van der Waals surface area contributed by atoms with Gasteiger partial charge in [0.25, 0.3) is 0 Å². The molecule has 1 fully saturated rings. The molecule has 0 aromatic heterocycles. The summed E-state index contributed by atoms with van der Waals surface area (Å²) in [5.74, 6) is 0. The molecule has 6 heteroatoms. The average Bonchev–Trinajstić information content (AvgIpc) is 2.28. The van der Waals surface area contributed by atoms with Crippen molar-refractivity contribution in [2.24, 2.45) is 0 Å². The van der Waals surface area contributed by atoms with Gasteiger partial charge in [0.1, 0.15) is 0 Å². The molecule has 0 spiro atoms. The molecule has 1 N–H and O–H groups in total. The van der Waals surface area contributed by atoms with Crippen LogP contribution < -0.4 is 0 Å². The topological polar surface area (TPSA) is 57.6 Å². The molecule has 1 aliphatic rings. The Labute approximate surface area is 116 Å². The smallest absolute Gasteiger partial charge is 0.243 e. The quantitative estimate of drug-likeness (QED) is 0.900. The standard InChI is InChI=1S/C12H16BrNO3S/c1-12(15)7-2-8-14(9-12)18(16,17)11-5-3-10(13)4-6-11/h3-6,15H,2,7-9H2,1H3. The van der Waals surface area contributed by atoms with Crippen molar-refractivity contribution in [3.63, 3.8) is 0 Å². The molecule has 1 aromatic rings. The summed E-state index contributed by atoms with van der Waals surface area (Å²) in [5.41, 5.74) is -0.930. The monoisotopic (exact) mass is 333 g/mol. The zero-order valence-electron chi connectivity index (χ0n) is 10.1. The molecule has 2 rings (SSSR count). The fraction of sp³-hybridized carbons (Fsp3) is 0.500. The molecule has 0 saturated carbocycles. The molecule has 100 valence electrons. The first kappa shape index (κ1) is 14.0. The van der Waals surface area contributed by atoms with Gasteiger partial charge in [0.05, 0.1) is 10.5 Å². The Morgan fingerprint density at radius 1 is 1.33 bits per heavy atom. The minimum Gasteiger partial charge on any atom is -0.389 e. The molecule has 1 heterocycles. The normalized spacial score (nSPS) is 26.2. The molecule has 1 aromatic carbocycles. The predicted molar refractivity (Wildman–Crippen MR) is 72.8 cm³/mol. The second kappa shape index (κ2) is 4.92. The summed E-state index contributed by atoms with van der Waals surface area (Å²) < 4.78 is 27.0. The Hall–Kier alpha value is -0.430. The van der Waals surface area contributed by atoms with Crippen LogP contribution >= 0.6 is 15.9 Å². The Morgan fingerprint density at radius 3 is 2.50 bits per heavy atom. The van der Waals surface area contributed by atoms with Gasteiger partial charge in [-0.25, -0.2) is 8.42 Å². The van der Waals surface area contributed by atoms with Crippen molar-refractivity contribution in [2.45, 2.75) is 30.3 Å². The molecule has 1 saturated heterocycles. The van der Waals surface area contributed by atoms with Gasteiger partial charge in [-0.05, 0) is 44.0 Å². The number of piperidine rings is 1. The SMILES string of the molecule is CC1(O)CCCN(S(=O)(=O)c2ccc(Br)cc2)C1. The fourth-order valence-corrected chi connectivity index (χ4v) is 4.00. The van der Waals surface area contributed by atoms with E-state index >= 15 is 0 Å². The molecule has 1 atom stereocenters. The maximum absolute atomic E-state index is 12.4. The maximum Gasteiger partial charge on any atom is 0.243 e. The Kier molecular flexibility index (Phi) is 3.82. The van der Waals surface area contributed by atoms with Crippen molar-refractivity contribution in [3.8, 4) is 0 Å². The lowest BCUT2D eigenvalue weighted by Gasteiger charge is -2.35. The van der Waals surface area contributed by atoms with E-state index in [2.05, 4.69) is 15.9 Å². The lowest BCUT2D eigenvalue weighted by molar-refractivity contribution is 0.00940. The van der Waals surface area contributed by atoms with Gasteiger partial charge >= 0.3 is 0 Å². The third-order valence-electron chi connectivity index (χ3n) is 3.09. The van der Waals surface area contributed by atoms with E-state index in [1.165, 1.54) is 4.31 Å². The fourth-order valence-electron chi connectivity index (χ4n) is 2.14. The van der Waals surface area contributed by atoms with E-state index in [0.29, 0.717) is 19.4 Å². The molecule has 4 nitrogen and oxygen atoms in total. The van der Waals surface area contributed by atoms with Crippen LogP contribution in [0.15, 0.2) is 33.6 Å². The van der Waals surface area contributed by atoms with Crippen molar-refractivity contribution in [2.75, 3.05) is 13.1 Å². The minimum atomic E-state index is -3.50. The van der Waals surface area contributed by atoms with Gasteiger partial charge in [-0.3, -0.25) is 0 Å². The molecule has 0 radical (unpaired) electrons. The number of halogens is 1. The minimum absolute atomic E-state index is 0.158. The van der Waals surface area contributed by atoms with E-state index in [9.17, 15) is 13.5 Å². The molecule has 0 bridgehead atoms. The highest BCUT2D eigenvalue weighted by Crippen LogP contribution is 2.26. The number of aliphatic hydroxyl groups is 1. The Morgan fingerprint density at radius 2 is 1.94 bits per heavy atom. The van der Waals surface area contributed by atoms with Crippen molar-refractivity contribution in [1.82, 2.24) is 4.31 Å². The molecule has 1 unspecified atom stereocenters.